The molecule has 0 radical (unpaired) electrons. The first-order chi connectivity index (χ1) is 13.1. The standard InChI is InChI=1S/C18H15F3N2O5/c1-11-8-14(23(26)27)6-7-15(11)22-16(24)10-28-17(25)9-12-2-4-13(5-3-12)18(19,20)21/h2-8H,9-10H2,1H3,(H,22,24). The monoisotopic (exact) mass is 396 g/mol. The molecule has 28 heavy (non-hydrogen) atoms. The van der Waals surface area contributed by atoms with Gasteiger partial charge in [-0.25, -0.2) is 0 Å². The number of hydrogen-bond acceptors (Lipinski definition) is 5. The normalized spacial score (nSPS) is 11.0. The molecule has 0 aliphatic rings. The lowest BCUT2D eigenvalue weighted by molar-refractivity contribution is -0.384. The molecule has 2 aromatic rings. The Morgan fingerprint density at radius 1 is 1.14 bits per heavy atom. The molecule has 1 N–H and O–H groups in total. The quantitative estimate of drug-likeness (QED) is 0.457. The number of ether oxygens (including phenoxy) is 1. The van der Waals surface area contributed by atoms with Crippen molar-refractivity contribution < 1.29 is 32.4 Å². The number of esters is 1. The predicted octanol–water partition coefficient (Wildman–Crippen LogP) is 3.65. The molecule has 7 nitrogen and oxygen atoms in total. The Balaban J connectivity index is 1.85. The van der Waals surface area contributed by atoms with Crippen LogP contribution in [-0.2, 0) is 26.9 Å². The van der Waals surface area contributed by atoms with Crippen LogP contribution in [0.2, 0.25) is 0 Å². The van der Waals surface area contributed by atoms with Gasteiger partial charge in [0.2, 0.25) is 0 Å². The topological polar surface area (TPSA) is 98.5 Å². The zero-order chi connectivity index (χ0) is 20.9. The number of carbonyl (C=O) groups excluding carboxylic acids is 2. The molecule has 0 unspecified atom stereocenters. The molecular weight excluding hydrogens is 381 g/mol. The van der Waals surface area contributed by atoms with E-state index in [0.717, 1.165) is 24.3 Å². The summed E-state index contributed by atoms with van der Waals surface area (Å²) >= 11 is 0. The number of hydrogen-bond donors (Lipinski definition) is 1. The van der Waals surface area contributed by atoms with Crippen LogP contribution in [0.4, 0.5) is 24.5 Å². The van der Waals surface area contributed by atoms with Gasteiger partial charge >= 0.3 is 12.1 Å². The molecule has 1 amide bonds. The van der Waals surface area contributed by atoms with Gasteiger partial charge in [0, 0.05) is 17.8 Å². The van der Waals surface area contributed by atoms with Crippen molar-refractivity contribution in [2.24, 2.45) is 0 Å². The van der Waals surface area contributed by atoms with Crippen molar-refractivity contribution >= 4 is 23.3 Å². The fourth-order valence-corrected chi connectivity index (χ4v) is 2.26. The molecule has 0 aliphatic carbocycles. The molecule has 2 rings (SSSR count). The molecule has 0 aliphatic heterocycles. The van der Waals surface area contributed by atoms with Crippen molar-refractivity contribution in [1.82, 2.24) is 0 Å². The number of alkyl halides is 3. The lowest BCUT2D eigenvalue weighted by Gasteiger charge is -2.09. The summed E-state index contributed by atoms with van der Waals surface area (Å²) in [5, 5.41) is 13.1. The largest absolute Gasteiger partial charge is 0.455 e. The molecular formula is C18H15F3N2O5. The zero-order valence-electron chi connectivity index (χ0n) is 14.6. The highest BCUT2D eigenvalue weighted by atomic mass is 19.4. The average Bonchev–Trinajstić information content (AvgIpc) is 2.61. The van der Waals surface area contributed by atoms with Gasteiger partial charge in [0.25, 0.3) is 11.6 Å². The van der Waals surface area contributed by atoms with Crippen molar-refractivity contribution in [2.45, 2.75) is 19.5 Å². The maximum absolute atomic E-state index is 12.5. The van der Waals surface area contributed by atoms with Crippen LogP contribution in [0.15, 0.2) is 42.5 Å². The van der Waals surface area contributed by atoms with Crippen LogP contribution >= 0.6 is 0 Å². The van der Waals surface area contributed by atoms with E-state index in [9.17, 15) is 32.9 Å². The van der Waals surface area contributed by atoms with Crippen LogP contribution in [-0.4, -0.2) is 23.4 Å². The van der Waals surface area contributed by atoms with Gasteiger partial charge in [-0.3, -0.25) is 19.7 Å². The molecule has 0 saturated heterocycles. The van der Waals surface area contributed by atoms with Crippen molar-refractivity contribution in [3.05, 3.63) is 69.3 Å². The second-order valence-corrected chi connectivity index (χ2v) is 5.84. The van der Waals surface area contributed by atoms with Crippen LogP contribution in [0.1, 0.15) is 16.7 Å². The number of benzene rings is 2. The van der Waals surface area contributed by atoms with Crippen LogP contribution in [0.3, 0.4) is 0 Å². The van der Waals surface area contributed by atoms with E-state index in [-0.39, 0.29) is 12.1 Å². The highest BCUT2D eigenvalue weighted by Crippen LogP contribution is 2.29. The smallest absolute Gasteiger partial charge is 0.416 e. The maximum atomic E-state index is 12.5. The lowest BCUT2D eigenvalue weighted by atomic mass is 10.1. The molecule has 0 atom stereocenters. The molecule has 148 valence electrons. The number of amides is 1. The maximum Gasteiger partial charge on any atom is 0.416 e. The number of rotatable bonds is 6. The summed E-state index contributed by atoms with van der Waals surface area (Å²) in [7, 11) is 0. The Kier molecular flexibility index (Phi) is 6.34. The summed E-state index contributed by atoms with van der Waals surface area (Å²) in [6.45, 7) is 0.967. The first-order valence-electron chi connectivity index (χ1n) is 7.93. The molecule has 0 spiro atoms. The minimum Gasteiger partial charge on any atom is -0.455 e. The van der Waals surface area contributed by atoms with Gasteiger partial charge in [-0.2, -0.15) is 13.2 Å². The second-order valence-electron chi connectivity index (χ2n) is 5.84. The third-order valence-electron chi connectivity index (χ3n) is 3.69. The van der Waals surface area contributed by atoms with Crippen molar-refractivity contribution in [3.8, 4) is 0 Å². The SMILES string of the molecule is Cc1cc([N+](=O)[O-])ccc1NC(=O)COC(=O)Cc1ccc(C(F)(F)F)cc1. The fraction of sp³-hybridized carbons (Fsp3) is 0.222. The third kappa shape index (κ3) is 5.79. The van der Waals surface area contributed by atoms with Crippen LogP contribution < -0.4 is 5.32 Å². The summed E-state index contributed by atoms with van der Waals surface area (Å²) in [5.74, 6) is -1.44. The van der Waals surface area contributed by atoms with Gasteiger partial charge in [-0.1, -0.05) is 12.1 Å². The van der Waals surface area contributed by atoms with Crippen molar-refractivity contribution in [3.63, 3.8) is 0 Å². The molecule has 0 fully saturated rings. The first kappa shape index (κ1) is 20.9. The average molecular weight is 396 g/mol. The van der Waals surface area contributed by atoms with E-state index in [1.807, 2.05) is 0 Å². The Labute approximate surface area is 157 Å². The predicted molar refractivity (Wildman–Crippen MR) is 92.6 cm³/mol. The van der Waals surface area contributed by atoms with Gasteiger partial charge in [0.15, 0.2) is 6.61 Å². The summed E-state index contributed by atoms with van der Waals surface area (Å²) in [6, 6.07) is 7.88. The van der Waals surface area contributed by atoms with Crippen LogP contribution in [0.25, 0.3) is 0 Å². The Morgan fingerprint density at radius 2 is 1.79 bits per heavy atom. The molecule has 0 aromatic heterocycles. The Bertz CT molecular complexity index is 895. The summed E-state index contributed by atoms with van der Waals surface area (Å²) in [6.07, 6.45) is -4.75. The minimum atomic E-state index is -4.47. The van der Waals surface area contributed by atoms with Gasteiger partial charge in [0.05, 0.1) is 16.9 Å². The highest BCUT2D eigenvalue weighted by Gasteiger charge is 2.30. The van der Waals surface area contributed by atoms with Crippen LogP contribution in [0.5, 0.6) is 0 Å². The number of carbonyl (C=O) groups is 2. The number of anilines is 1. The second kappa shape index (κ2) is 8.51. The Morgan fingerprint density at radius 3 is 2.32 bits per heavy atom. The van der Waals surface area contributed by atoms with E-state index in [2.05, 4.69) is 5.32 Å². The van der Waals surface area contributed by atoms with E-state index < -0.39 is 35.1 Å². The molecule has 0 heterocycles. The molecule has 2 aromatic carbocycles. The lowest BCUT2D eigenvalue weighted by Crippen LogP contribution is -2.22. The van der Waals surface area contributed by atoms with Gasteiger partial charge in [-0.15, -0.1) is 0 Å². The van der Waals surface area contributed by atoms with E-state index >= 15 is 0 Å². The minimum absolute atomic E-state index is 0.126. The van der Waals surface area contributed by atoms with E-state index in [1.54, 1.807) is 6.92 Å². The number of non-ortho nitro benzene ring substituents is 1. The van der Waals surface area contributed by atoms with Crippen molar-refractivity contribution in [1.29, 1.82) is 0 Å². The van der Waals surface area contributed by atoms with Gasteiger partial charge < -0.3 is 10.1 Å². The van der Waals surface area contributed by atoms with Gasteiger partial charge in [-0.05, 0) is 36.2 Å². The summed E-state index contributed by atoms with van der Waals surface area (Å²) in [5.41, 5.74) is 0.138. The number of halogens is 3. The summed E-state index contributed by atoms with van der Waals surface area (Å²) in [4.78, 5) is 33.7. The molecule has 0 bridgehead atoms. The Hall–Kier alpha value is -3.43. The van der Waals surface area contributed by atoms with E-state index in [1.165, 1.54) is 18.2 Å². The van der Waals surface area contributed by atoms with Crippen molar-refractivity contribution in [2.75, 3.05) is 11.9 Å². The number of nitro benzene ring substituents is 1. The molecule has 0 saturated carbocycles. The highest BCUT2D eigenvalue weighted by molar-refractivity contribution is 5.93. The number of nitrogens with zero attached hydrogens (tertiary/aromatic N) is 1. The number of aryl methyl sites for hydroxylation is 1. The van der Waals surface area contributed by atoms with Crippen LogP contribution in [0, 0.1) is 17.0 Å². The number of nitro groups is 1. The first-order valence-corrected chi connectivity index (χ1v) is 7.93. The number of nitrogens with one attached hydrogen (secondary N) is 1. The fourth-order valence-electron chi connectivity index (χ4n) is 2.26. The summed E-state index contributed by atoms with van der Waals surface area (Å²) < 4.78 is 42.3. The van der Waals surface area contributed by atoms with E-state index in [0.29, 0.717) is 16.8 Å². The zero-order valence-corrected chi connectivity index (χ0v) is 14.6. The van der Waals surface area contributed by atoms with Gasteiger partial charge in [0.1, 0.15) is 0 Å². The van der Waals surface area contributed by atoms with E-state index in [4.69, 9.17) is 4.74 Å². The third-order valence-corrected chi connectivity index (χ3v) is 3.69. The molecule has 10 heteroatoms.